The average molecular weight is 865 g/mol. The van der Waals surface area contributed by atoms with E-state index in [4.69, 9.17) is 26.6 Å². The summed E-state index contributed by atoms with van der Waals surface area (Å²) in [6.45, 7) is 48.3. The molecule has 0 saturated heterocycles. The third kappa shape index (κ3) is 27.1. The molecule has 0 heterocycles. The molecule has 0 atom stereocenters. The van der Waals surface area contributed by atoms with Crippen LogP contribution in [0.1, 0.15) is 122 Å². The molecular formula is C44H100N6O6Si2. The van der Waals surface area contributed by atoms with Gasteiger partial charge in [0.05, 0.1) is 39.6 Å². The minimum absolute atomic E-state index is 0.654. The summed E-state index contributed by atoms with van der Waals surface area (Å²) in [6.07, 6.45) is 6.79. The summed E-state index contributed by atoms with van der Waals surface area (Å²) >= 11 is 0. The minimum atomic E-state index is -2.89. The van der Waals surface area contributed by atoms with Crippen LogP contribution in [-0.4, -0.2) is 204 Å². The second-order valence-electron chi connectivity index (χ2n) is 15.2. The van der Waals surface area contributed by atoms with Gasteiger partial charge in [-0.3, -0.25) is 0 Å². The van der Waals surface area contributed by atoms with Gasteiger partial charge in [0.25, 0.3) is 0 Å². The Morgan fingerprint density at radius 3 is 0.552 bits per heavy atom. The Labute approximate surface area is 363 Å². The van der Waals surface area contributed by atoms with Gasteiger partial charge in [-0.25, -0.2) is 0 Å². The van der Waals surface area contributed by atoms with Gasteiger partial charge in [0.15, 0.2) is 0 Å². The summed E-state index contributed by atoms with van der Waals surface area (Å²) in [6, 6.07) is 1.75. The zero-order chi connectivity index (χ0) is 43.3. The lowest BCUT2D eigenvalue weighted by Crippen LogP contribution is -2.49. The lowest BCUT2D eigenvalue weighted by Gasteiger charge is -2.33. The van der Waals surface area contributed by atoms with Crippen molar-refractivity contribution in [2.75, 3.05) is 157 Å². The Morgan fingerprint density at radius 1 is 0.241 bits per heavy atom. The van der Waals surface area contributed by atoms with Crippen LogP contribution in [0.25, 0.3) is 0 Å². The molecule has 0 aliphatic rings. The Hall–Kier alpha value is -0.0462. The molecule has 0 spiro atoms. The van der Waals surface area contributed by atoms with E-state index in [-0.39, 0.29) is 0 Å². The number of hydrogen-bond donors (Lipinski definition) is 0. The molecule has 58 heavy (non-hydrogen) atoms. The van der Waals surface area contributed by atoms with Gasteiger partial charge < -0.3 is 56.0 Å². The summed E-state index contributed by atoms with van der Waals surface area (Å²) in [5.74, 6) is 0. The molecular weight excluding hydrogens is 765 g/mol. The fourth-order valence-corrected chi connectivity index (χ4v) is 12.4. The molecule has 350 valence electrons. The van der Waals surface area contributed by atoms with Crippen molar-refractivity contribution in [3.05, 3.63) is 0 Å². The molecule has 0 rings (SSSR count). The number of unbranched alkanes of at least 4 members (excludes halogenated alkanes) is 5. The fourth-order valence-electron chi connectivity index (χ4n) is 7.29. The highest BCUT2D eigenvalue weighted by Crippen LogP contribution is 2.24. The standard InChI is InChI=1S/C44H100N6O6Si2/c1-13-45(14-2)31-37-51-57(52-38-32-46(15-3)16-4,53-39-33-47(17-5)18-6)43-29-27-25-26-28-30-44-58(54-40-34-48(19-7)20-8,55-41-35-49(21-9)22-10)56-42-36-50(23-11)24-12/h13-44H2,1-12H3. The van der Waals surface area contributed by atoms with Crippen molar-refractivity contribution in [2.45, 2.75) is 134 Å². The van der Waals surface area contributed by atoms with Crippen molar-refractivity contribution in [1.29, 1.82) is 0 Å². The molecule has 0 aliphatic heterocycles. The Bertz CT molecular complexity index is 707. The van der Waals surface area contributed by atoms with Crippen molar-refractivity contribution in [3.8, 4) is 0 Å². The zero-order valence-corrected chi connectivity index (χ0v) is 42.8. The van der Waals surface area contributed by atoms with Crippen LogP contribution in [-0.2, 0) is 26.6 Å². The van der Waals surface area contributed by atoms with E-state index >= 15 is 0 Å². The van der Waals surface area contributed by atoms with Crippen molar-refractivity contribution in [3.63, 3.8) is 0 Å². The van der Waals surface area contributed by atoms with Gasteiger partial charge in [-0.1, -0.05) is 109 Å². The van der Waals surface area contributed by atoms with Crippen LogP contribution in [0.4, 0.5) is 0 Å². The average Bonchev–Trinajstić information content (AvgIpc) is 3.25. The van der Waals surface area contributed by atoms with E-state index in [1.54, 1.807) is 0 Å². The van der Waals surface area contributed by atoms with Crippen LogP contribution in [0.2, 0.25) is 12.1 Å². The maximum atomic E-state index is 6.80. The maximum Gasteiger partial charge on any atom is 0.501 e. The molecule has 0 N–H and O–H groups in total. The van der Waals surface area contributed by atoms with E-state index < -0.39 is 17.6 Å². The molecule has 0 aliphatic carbocycles. The first kappa shape index (κ1) is 58.0. The topological polar surface area (TPSA) is 74.8 Å². The van der Waals surface area contributed by atoms with Gasteiger partial charge in [0.1, 0.15) is 0 Å². The third-order valence-electron chi connectivity index (χ3n) is 12.0. The Balaban J connectivity index is 5.72. The number of hydrogen-bond acceptors (Lipinski definition) is 12. The minimum Gasteiger partial charge on any atom is -0.372 e. The van der Waals surface area contributed by atoms with Gasteiger partial charge in [0, 0.05) is 51.4 Å². The van der Waals surface area contributed by atoms with Gasteiger partial charge in [-0.05, 0) is 91.4 Å². The number of nitrogens with zero attached hydrogens (tertiary/aromatic N) is 6. The van der Waals surface area contributed by atoms with Crippen LogP contribution in [0.5, 0.6) is 0 Å². The van der Waals surface area contributed by atoms with E-state index in [0.29, 0.717) is 39.6 Å². The smallest absolute Gasteiger partial charge is 0.372 e. The molecule has 0 amide bonds. The molecule has 0 unspecified atom stereocenters. The first-order valence-electron chi connectivity index (χ1n) is 24.3. The molecule has 0 fully saturated rings. The third-order valence-corrected chi connectivity index (χ3v) is 17.8. The summed E-state index contributed by atoms with van der Waals surface area (Å²) in [5.41, 5.74) is 0. The monoisotopic (exact) mass is 865 g/mol. The molecule has 0 aromatic heterocycles. The molecule has 14 heteroatoms. The van der Waals surface area contributed by atoms with E-state index in [9.17, 15) is 0 Å². The van der Waals surface area contributed by atoms with Crippen LogP contribution in [0.3, 0.4) is 0 Å². The zero-order valence-electron chi connectivity index (χ0n) is 40.8. The van der Waals surface area contributed by atoms with Crippen LogP contribution < -0.4 is 0 Å². The molecule has 0 aromatic carbocycles. The maximum absolute atomic E-state index is 6.80. The highest BCUT2D eigenvalue weighted by atomic mass is 28.4. The fraction of sp³-hybridized carbons (Fsp3) is 1.00. The lowest BCUT2D eigenvalue weighted by molar-refractivity contribution is 0.0392. The van der Waals surface area contributed by atoms with Crippen molar-refractivity contribution in [2.24, 2.45) is 0 Å². The van der Waals surface area contributed by atoms with E-state index in [1.165, 1.54) is 12.8 Å². The molecule has 12 nitrogen and oxygen atoms in total. The lowest BCUT2D eigenvalue weighted by atomic mass is 10.1. The van der Waals surface area contributed by atoms with Crippen molar-refractivity contribution < 1.29 is 26.6 Å². The highest BCUT2D eigenvalue weighted by molar-refractivity contribution is 6.61. The van der Waals surface area contributed by atoms with Crippen LogP contribution >= 0.6 is 0 Å². The van der Waals surface area contributed by atoms with Crippen LogP contribution in [0, 0.1) is 0 Å². The molecule has 0 bridgehead atoms. The SMILES string of the molecule is CCN(CC)CCO[Si](CCCCCCCC[Si](OCCN(CC)CC)(OCCN(CC)CC)OCCN(CC)CC)(OCCN(CC)CC)OCCN(CC)CC. The van der Waals surface area contributed by atoms with Crippen molar-refractivity contribution in [1.82, 2.24) is 29.4 Å². The molecule has 0 aromatic rings. The second kappa shape index (κ2) is 38.6. The van der Waals surface area contributed by atoms with Crippen molar-refractivity contribution >= 4 is 17.6 Å². The predicted molar refractivity (Wildman–Crippen MR) is 251 cm³/mol. The summed E-state index contributed by atoms with van der Waals surface area (Å²) in [4.78, 5) is 14.5. The highest BCUT2D eigenvalue weighted by Gasteiger charge is 2.42. The molecule has 0 radical (unpaired) electrons. The number of likely N-dealkylation sites (N-methyl/N-ethyl adjacent to an activating group) is 6. The first-order valence-corrected chi connectivity index (χ1v) is 28.2. The second-order valence-corrected chi connectivity index (χ2v) is 20.7. The number of rotatable bonds is 45. The Morgan fingerprint density at radius 2 is 0.397 bits per heavy atom. The Kier molecular flexibility index (Phi) is 38.6. The van der Waals surface area contributed by atoms with E-state index in [2.05, 4.69) is 112 Å². The quantitative estimate of drug-likeness (QED) is 0.0454. The largest absolute Gasteiger partial charge is 0.501 e. The molecule has 0 saturated carbocycles. The summed E-state index contributed by atoms with van der Waals surface area (Å²) in [7, 11) is -5.78. The predicted octanol–water partition coefficient (Wildman–Crippen LogP) is 7.36. The summed E-state index contributed by atoms with van der Waals surface area (Å²) < 4.78 is 40.8. The van der Waals surface area contributed by atoms with Gasteiger partial charge in [-0.15, -0.1) is 0 Å². The van der Waals surface area contributed by atoms with Crippen LogP contribution in [0.15, 0.2) is 0 Å². The van der Waals surface area contributed by atoms with Gasteiger partial charge in [0.2, 0.25) is 0 Å². The normalized spacial score (nSPS) is 12.9. The van der Waals surface area contributed by atoms with Gasteiger partial charge >= 0.3 is 17.6 Å². The van der Waals surface area contributed by atoms with Gasteiger partial charge in [-0.2, -0.15) is 0 Å². The van der Waals surface area contributed by atoms with E-state index in [1.807, 2.05) is 0 Å². The first-order chi connectivity index (χ1) is 28.2. The van der Waals surface area contributed by atoms with E-state index in [0.717, 1.165) is 156 Å². The summed E-state index contributed by atoms with van der Waals surface area (Å²) in [5, 5.41) is 0.